The molecule has 144 valence electrons. The molecule has 2 aromatic rings. The molecule has 0 spiro atoms. The summed E-state index contributed by atoms with van der Waals surface area (Å²) in [5.41, 5.74) is 1.92. The van der Waals surface area contributed by atoms with Crippen LogP contribution in [0.15, 0.2) is 22.6 Å². The molecule has 0 fully saturated rings. The van der Waals surface area contributed by atoms with Crippen molar-refractivity contribution >= 4 is 10.0 Å². The summed E-state index contributed by atoms with van der Waals surface area (Å²) in [5, 5.41) is 4.54. The topological polar surface area (TPSA) is 80.4 Å². The van der Waals surface area contributed by atoms with E-state index in [1.807, 2.05) is 23.7 Å². The first kappa shape index (κ1) is 19.1. The zero-order valence-corrected chi connectivity index (χ0v) is 16.6. The lowest BCUT2D eigenvalue weighted by atomic mass is 10.0. The summed E-state index contributed by atoms with van der Waals surface area (Å²) < 4.78 is 32.8. The Labute approximate surface area is 155 Å². The summed E-state index contributed by atoms with van der Waals surface area (Å²) in [6.07, 6.45) is 3.25. The summed E-state index contributed by atoms with van der Waals surface area (Å²) in [4.78, 5) is 2.45. The monoisotopic (exact) mass is 380 g/mol. The maximum absolute atomic E-state index is 11.3. The Bertz CT molecular complexity index is 840. The van der Waals surface area contributed by atoms with Crippen LogP contribution in [0.1, 0.15) is 48.6 Å². The zero-order valence-electron chi connectivity index (χ0n) is 15.7. The van der Waals surface area contributed by atoms with Gasteiger partial charge in [0.1, 0.15) is 11.5 Å². The average Bonchev–Trinajstić information content (AvgIpc) is 3.11. The van der Waals surface area contributed by atoms with E-state index >= 15 is 0 Å². The van der Waals surface area contributed by atoms with E-state index in [4.69, 9.17) is 4.42 Å². The van der Waals surface area contributed by atoms with Crippen molar-refractivity contribution in [2.45, 2.75) is 52.2 Å². The van der Waals surface area contributed by atoms with Crippen molar-refractivity contribution in [3.8, 4) is 0 Å². The van der Waals surface area contributed by atoms with Crippen LogP contribution < -0.4 is 4.72 Å². The number of rotatable bonds is 7. The Kier molecular flexibility index (Phi) is 5.84. The van der Waals surface area contributed by atoms with Crippen molar-refractivity contribution < 1.29 is 12.8 Å². The Balaban J connectivity index is 1.57. The van der Waals surface area contributed by atoms with Crippen LogP contribution in [-0.2, 0) is 29.7 Å². The van der Waals surface area contributed by atoms with Gasteiger partial charge in [0, 0.05) is 25.6 Å². The van der Waals surface area contributed by atoms with E-state index in [0.717, 1.165) is 68.2 Å². The van der Waals surface area contributed by atoms with Gasteiger partial charge >= 0.3 is 0 Å². The third kappa shape index (κ3) is 5.18. The summed E-state index contributed by atoms with van der Waals surface area (Å²) >= 11 is 0. The average molecular weight is 381 g/mol. The fourth-order valence-electron chi connectivity index (χ4n) is 3.31. The number of nitrogens with zero attached hydrogens (tertiary/aromatic N) is 3. The summed E-state index contributed by atoms with van der Waals surface area (Å²) in [5.74, 6) is 2.41. The molecule has 0 saturated heterocycles. The molecule has 1 N–H and O–H groups in total. The van der Waals surface area contributed by atoms with Gasteiger partial charge in [0.2, 0.25) is 10.0 Å². The van der Waals surface area contributed by atoms with Crippen LogP contribution in [-0.4, -0.2) is 42.4 Å². The number of hydrogen-bond donors (Lipinski definition) is 1. The molecule has 0 bridgehead atoms. The Hall–Kier alpha value is -1.64. The Morgan fingerprint density at radius 3 is 2.85 bits per heavy atom. The highest BCUT2D eigenvalue weighted by Gasteiger charge is 2.18. The Morgan fingerprint density at radius 1 is 1.35 bits per heavy atom. The van der Waals surface area contributed by atoms with Gasteiger partial charge in [-0.2, -0.15) is 5.10 Å². The largest absolute Gasteiger partial charge is 0.466 e. The number of fused-ring (bicyclic) bond motifs is 1. The number of furan rings is 1. The van der Waals surface area contributed by atoms with Gasteiger partial charge in [-0.1, -0.05) is 6.92 Å². The predicted octanol–water partition coefficient (Wildman–Crippen LogP) is 2.23. The van der Waals surface area contributed by atoms with Crippen molar-refractivity contribution in [1.29, 1.82) is 0 Å². The van der Waals surface area contributed by atoms with Gasteiger partial charge in [0.05, 0.1) is 24.2 Å². The van der Waals surface area contributed by atoms with Crippen molar-refractivity contribution in [2.75, 3.05) is 19.3 Å². The summed E-state index contributed by atoms with van der Waals surface area (Å²) in [6.45, 7) is 8.19. The van der Waals surface area contributed by atoms with Crippen LogP contribution in [0.5, 0.6) is 0 Å². The van der Waals surface area contributed by atoms with Gasteiger partial charge in [0.15, 0.2) is 0 Å². The molecule has 0 unspecified atom stereocenters. The molecule has 1 atom stereocenters. The van der Waals surface area contributed by atoms with E-state index < -0.39 is 10.0 Å². The van der Waals surface area contributed by atoms with Crippen LogP contribution >= 0.6 is 0 Å². The highest BCUT2D eigenvalue weighted by Crippen LogP contribution is 2.23. The van der Waals surface area contributed by atoms with Crippen molar-refractivity contribution in [3.63, 3.8) is 0 Å². The highest BCUT2D eigenvalue weighted by molar-refractivity contribution is 7.88. The first-order chi connectivity index (χ1) is 12.3. The van der Waals surface area contributed by atoms with Crippen LogP contribution in [0.3, 0.4) is 0 Å². The second-order valence-corrected chi connectivity index (χ2v) is 9.04. The van der Waals surface area contributed by atoms with Gasteiger partial charge in [-0.25, -0.2) is 13.1 Å². The van der Waals surface area contributed by atoms with Gasteiger partial charge in [-0.15, -0.1) is 0 Å². The predicted molar refractivity (Wildman–Crippen MR) is 100 cm³/mol. The quantitative estimate of drug-likeness (QED) is 0.797. The third-order valence-electron chi connectivity index (χ3n) is 4.78. The molecule has 7 nitrogen and oxygen atoms in total. The first-order valence-corrected chi connectivity index (χ1v) is 11.0. The summed E-state index contributed by atoms with van der Waals surface area (Å²) in [7, 11) is -3.20. The number of aromatic nitrogens is 2. The minimum absolute atomic E-state index is 0.244. The van der Waals surface area contributed by atoms with E-state index in [1.54, 1.807) is 0 Å². The minimum Gasteiger partial charge on any atom is -0.466 e. The molecule has 0 aliphatic carbocycles. The molecule has 0 amide bonds. The normalized spacial score (nSPS) is 17.0. The standard InChI is InChI=1S/C18H28N4O3S/c1-14(18-6-5-15(2)25-18)7-10-21-8-4-9-22-17(13-21)11-16(20-22)12-19-26(3,23)24/h5-6,11,14,19H,4,7-10,12-13H2,1-3H3/t14-/m1/s1. The Morgan fingerprint density at radius 2 is 2.15 bits per heavy atom. The van der Waals surface area contributed by atoms with Gasteiger partial charge < -0.3 is 4.42 Å². The fraction of sp³-hybridized carbons (Fsp3) is 0.611. The van der Waals surface area contributed by atoms with E-state index in [9.17, 15) is 8.42 Å². The number of sulfonamides is 1. The minimum atomic E-state index is -3.20. The molecule has 0 radical (unpaired) electrons. The lowest BCUT2D eigenvalue weighted by Gasteiger charge is -2.21. The van der Waals surface area contributed by atoms with Crippen molar-refractivity contribution in [2.24, 2.45) is 0 Å². The maximum Gasteiger partial charge on any atom is 0.209 e. The third-order valence-corrected chi connectivity index (χ3v) is 5.45. The molecular weight excluding hydrogens is 352 g/mol. The van der Waals surface area contributed by atoms with E-state index in [2.05, 4.69) is 27.7 Å². The van der Waals surface area contributed by atoms with Crippen molar-refractivity contribution in [1.82, 2.24) is 19.4 Å². The van der Waals surface area contributed by atoms with E-state index in [0.29, 0.717) is 5.92 Å². The van der Waals surface area contributed by atoms with Crippen LogP contribution in [0.4, 0.5) is 0 Å². The lowest BCUT2D eigenvalue weighted by Crippen LogP contribution is -2.25. The molecule has 1 aliphatic rings. The lowest BCUT2D eigenvalue weighted by molar-refractivity contribution is 0.255. The molecule has 8 heteroatoms. The summed E-state index contributed by atoms with van der Waals surface area (Å²) in [6, 6.07) is 6.09. The van der Waals surface area contributed by atoms with Crippen LogP contribution in [0.25, 0.3) is 0 Å². The zero-order chi connectivity index (χ0) is 18.7. The molecule has 2 aromatic heterocycles. The maximum atomic E-state index is 11.3. The molecule has 0 saturated carbocycles. The number of nitrogens with one attached hydrogen (secondary N) is 1. The second-order valence-electron chi connectivity index (χ2n) is 7.21. The van der Waals surface area contributed by atoms with Gasteiger partial charge in [-0.3, -0.25) is 9.58 Å². The van der Waals surface area contributed by atoms with E-state index in [1.165, 1.54) is 0 Å². The van der Waals surface area contributed by atoms with E-state index in [-0.39, 0.29) is 6.54 Å². The highest BCUT2D eigenvalue weighted by atomic mass is 32.2. The molecular formula is C18H28N4O3S. The molecule has 26 heavy (non-hydrogen) atoms. The molecule has 1 aliphatic heterocycles. The SMILES string of the molecule is Cc1ccc([C@H](C)CCN2CCCn3nc(CNS(C)(=O)=O)cc3C2)o1. The fourth-order valence-corrected chi connectivity index (χ4v) is 3.72. The van der Waals surface area contributed by atoms with Gasteiger partial charge in [-0.05, 0) is 44.5 Å². The first-order valence-electron chi connectivity index (χ1n) is 9.09. The number of aryl methyl sites for hydroxylation is 2. The smallest absolute Gasteiger partial charge is 0.209 e. The van der Waals surface area contributed by atoms with Gasteiger partial charge in [0.25, 0.3) is 0 Å². The molecule has 3 rings (SSSR count). The molecule has 0 aromatic carbocycles. The number of hydrogen-bond acceptors (Lipinski definition) is 5. The second kappa shape index (κ2) is 7.94. The van der Waals surface area contributed by atoms with Crippen LogP contribution in [0.2, 0.25) is 0 Å². The van der Waals surface area contributed by atoms with Crippen LogP contribution in [0, 0.1) is 6.92 Å². The molecule has 3 heterocycles. The van der Waals surface area contributed by atoms with Crippen molar-refractivity contribution in [3.05, 3.63) is 41.1 Å².